The second-order valence-electron chi connectivity index (χ2n) is 5.21. The number of nitrogens with two attached hydrogens (primary N) is 1. The highest BCUT2D eigenvalue weighted by Crippen LogP contribution is 2.32. The molecule has 3 rings (SSSR count). The Morgan fingerprint density at radius 1 is 0.826 bits per heavy atom. The molecule has 0 saturated carbocycles. The van der Waals surface area contributed by atoms with E-state index in [1.807, 2.05) is 42.5 Å². The molecule has 0 amide bonds. The molecule has 5 nitrogen and oxygen atoms in total. The summed E-state index contributed by atoms with van der Waals surface area (Å²) >= 11 is 0. The first kappa shape index (κ1) is 14.8. The predicted octanol–water partition coefficient (Wildman–Crippen LogP) is 2.97. The van der Waals surface area contributed by atoms with Gasteiger partial charge in [0.05, 0.1) is 35.9 Å². The molecule has 0 bridgehead atoms. The zero-order valence-electron chi connectivity index (χ0n) is 12.6. The number of nitrogen functional groups attached to an aromatic ring is 1. The predicted molar refractivity (Wildman–Crippen MR) is 90.9 cm³/mol. The first-order chi connectivity index (χ1) is 11.2. The Morgan fingerprint density at radius 3 is 1.96 bits per heavy atom. The summed E-state index contributed by atoms with van der Waals surface area (Å²) in [5.41, 5.74) is 9.03. The highest BCUT2D eigenvalue weighted by atomic mass is 16.3. The lowest BCUT2D eigenvalue weighted by atomic mass is 10.2. The summed E-state index contributed by atoms with van der Waals surface area (Å²) in [6.07, 6.45) is 3.53. The highest BCUT2D eigenvalue weighted by Gasteiger charge is 2.14. The lowest BCUT2D eigenvalue weighted by Gasteiger charge is -2.26. The van der Waals surface area contributed by atoms with E-state index < -0.39 is 0 Å². The molecule has 23 heavy (non-hydrogen) atoms. The Morgan fingerprint density at radius 2 is 1.43 bits per heavy atom. The van der Waals surface area contributed by atoms with E-state index in [-0.39, 0.29) is 5.75 Å². The van der Waals surface area contributed by atoms with E-state index in [1.165, 1.54) is 0 Å². The maximum absolute atomic E-state index is 9.90. The van der Waals surface area contributed by atoms with Crippen molar-refractivity contribution in [2.45, 2.75) is 13.1 Å². The fourth-order valence-corrected chi connectivity index (χ4v) is 2.42. The Bertz CT molecular complexity index is 721. The SMILES string of the molecule is Nc1c(O)cccc1N(Cc1ccccn1)Cc1ccccn1. The molecule has 2 heterocycles. The summed E-state index contributed by atoms with van der Waals surface area (Å²) in [7, 11) is 0. The van der Waals surface area contributed by atoms with Gasteiger partial charge in [0.15, 0.2) is 0 Å². The van der Waals surface area contributed by atoms with Crippen LogP contribution in [0.25, 0.3) is 0 Å². The molecular weight excluding hydrogens is 288 g/mol. The van der Waals surface area contributed by atoms with Crippen LogP contribution in [0.3, 0.4) is 0 Å². The minimum Gasteiger partial charge on any atom is -0.506 e. The molecule has 0 atom stereocenters. The van der Waals surface area contributed by atoms with Gasteiger partial charge in [0.25, 0.3) is 0 Å². The highest BCUT2D eigenvalue weighted by molar-refractivity contribution is 5.73. The summed E-state index contributed by atoms with van der Waals surface area (Å²) in [6, 6.07) is 16.9. The lowest BCUT2D eigenvalue weighted by molar-refractivity contribution is 0.478. The van der Waals surface area contributed by atoms with Gasteiger partial charge in [-0.1, -0.05) is 18.2 Å². The minimum absolute atomic E-state index is 0.0783. The lowest BCUT2D eigenvalue weighted by Crippen LogP contribution is -2.24. The van der Waals surface area contributed by atoms with Crippen LogP contribution >= 0.6 is 0 Å². The van der Waals surface area contributed by atoms with Crippen molar-refractivity contribution in [2.24, 2.45) is 0 Å². The molecule has 2 aromatic heterocycles. The normalized spacial score (nSPS) is 10.4. The average molecular weight is 306 g/mol. The van der Waals surface area contributed by atoms with Crippen molar-refractivity contribution in [3.05, 3.63) is 78.4 Å². The van der Waals surface area contributed by atoms with E-state index in [0.29, 0.717) is 18.8 Å². The van der Waals surface area contributed by atoms with Crippen molar-refractivity contribution in [1.29, 1.82) is 0 Å². The van der Waals surface area contributed by atoms with Crippen LogP contribution in [0.1, 0.15) is 11.4 Å². The van der Waals surface area contributed by atoms with Gasteiger partial charge in [0, 0.05) is 12.4 Å². The van der Waals surface area contributed by atoms with Crippen LogP contribution in [0.15, 0.2) is 67.0 Å². The number of phenolic OH excluding ortho intramolecular Hbond substituents is 1. The van der Waals surface area contributed by atoms with Crippen LogP contribution < -0.4 is 10.6 Å². The fraction of sp³-hybridized carbons (Fsp3) is 0.111. The molecule has 0 aliphatic carbocycles. The third-order valence-electron chi connectivity index (χ3n) is 3.56. The summed E-state index contributed by atoms with van der Waals surface area (Å²) < 4.78 is 0. The summed E-state index contributed by atoms with van der Waals surface area (Å²) in [6.45, 7) is 1.15. The number of anilines is 2. The molecule has 0 radical (unpaired) electrons. The number of aromatic hydroxyl groups is 1. The van der Waals surface area contributed by atoms with Crippen molar-refractivity contribution in [3.63, 3.8) is 0 Å². The van der Waals surface area contributed by atoms with E-state index in [4.69, 9.17) is 5.73 Å². The van der Waals surface area contributed by atoms with Gasteiger partial charge in [-0.3, -0.25) is 9.97 Å². The standard InChI is InChI=1S/C18H18N4O/c19-18-16(8-5-9-17(18)23)22(12-14-6-1-3-10-20-14)13-15-7-2-4-11-21-15/h1-11,23H,12-13,19H2. The van der Waals surface area contributed by atoms with Crippen molar-refractivity contribution in [1.82, 2.24) is 9.97 Å². The number of nitrogens with zero attached hydrogens (tertiary/aromatic N) is 3. The number of phenols is 1. The molecule has 0 aliphatic heterocycles. The molecule has 1 aromatic carbocycles. The number of benzene rings is 1. The van der Waals surface area contributed by atoms with Crippen molar-refractivity contribution in [3.8, 4) is 5.75 Å². The Labute approximate surface area is 135 Å². The summed E-state index contributed by atoms with van der Waals surface area (Å²) in [4.78, 5) is 10.8. The van der Waals surface area contributed by atoms with Crippen LogP contribution in [-0.2, 0) is 13.1 Å². The van der Waals surface area contributed by atoms with E-state index in [2.05, 4.69) is 14.9 Å². The Balaban J connectivity index is 1.94. The first-order valence-corrected chi connectivity index (χ1v) is 7.36. The summed E-state index contributed by atoms with van der Waals surface area (Å²) in [5.74, 6) is 0.0783. The maximum Gasteiger partial charge on any atom is 0.140 e. The fourth-order valence-electron chi connectivity index (χ4n) is 2.42. The molecule has 3 N–H and O–H groups in total. The van der Waals surface area contributed by atoms with Gasteiger partial charge in [-0.2, -0.15) is 0 Å². The summed E-state index contributed by atoms with van der Waals surface area (Å²) in [5, 5.41) is 9.90. The smallest absolute Gasteiger partial charge is 0.140 e. The van der Waals surface area contributed by atoms with E-state index in [0.717, 1.165) is 17.1 Å². The molecule has 0 saturated heterocycles. The number of para-hydroxylation sites is 1. The van der Waals surface area contributed by atoms with Crippen molar-refractivity contribution >= 4 is 11.4 Å². The van der Waals surface area contributed by atoms with Gasteiger partial charge >= 0.3 is 0 Å². The first-order valence-electron chi connectivity index (χ1n) is 7.36. The van der Waals surface area contributed by atoms with Crippen LogP contribution in [-0.4, -0.2) is 15.1 Å². The van der Waals surface area contributed by atoms with Gasteiger partial charge in [0.2, 0.25) is 0 Å². The number of pyridine rings is 2. The molecule has 3 aromatic rings. The third kappa shape index (κ3) is 3.58. The van der Waals surface area contributed by atoms with Crippen LogP contribution in [0.2, 0.25) is 0 Å². The molecule has 116 valence electrons. The average Bonchev–Trinajstić information content (AvgIpc) is 2.59. The quantitative estimate of drug-likeness (QED) is 0.560. The molecule has 5 heteroatoms. The molecular formula is C18H18N4O. The number of aromatic nitrogens is 2. The second kappa shape index (κ2) is 6.79. The van der Waals surface area contributed by atoms with Crippen molar-refractivity contribution in [2.75, 3.05) is 10.6 Å². The molecule has 0 spiro atoms. The van der Waals surface area contributed by atoms with Crippen LogP contribution in [0.5, 0.6) is 5.75 Å². The monoisotopic (exact) mass is 306 g/mol. The molecule has 0 aliphatic rings. The van der Waals surface area contributed by atoms with Gasteiger partial charge < -0.3 is 15.7 Å². The van der Waals surface area contributed by atoms with Crippen LogP contribution in [0.4, 0.5) is 11.4 Å². The van der Waals surface area contributed by atoms with Gasteiger partial charge in [-0.05, 0) is 36.4 Å². The number of hydrogen-bond acceptors (Lipinski definition) is 5. The van der Waals surface area contributed by atoms with Crippen LogP contribution in [0, 0.1) is 0 Å². The van der Waals surface area contributed by atoms with E-state index in [1.54, 1.807) is 24.5 Å². The van der Waals surface area contributed by atoms with Gasteiger partial charge in [-0.15, -0.1) is 0 Å². The maximum atomic E-state index is 9.90. The van der Waals surface area contributed by atoms with Crippen molar-refractivity contribution < 1.29 is 5.11 Å². The van der Waals surface area contributed by atoms with Gasteiger partial charge in [0.1, 0.15) is 5.75 Å². The number of rotatable bonds is 5. The zero-order chi connectivity index (χ0) is 16.1. The molecule has 0 unspecified atom stereocenters. The zero-order valence-corrected chi connectivity index (χ0v) is 12.6. The third-order valence-corrected chi connectivity index (χ3v) is 3.56. The van der Waals surface area contributed by atoms with Gasteiger partial charge in [-0.25, -0.2) is 0 Å². The minimum atomic E-state index is 0.0783. The Hall–Kier alpha value is -3.08. The Kier molecular flexibility index (Phi) is 4.38. The largest absolute Gasteiger partial charge is 0.506 e. The second-order valence-corrected chi connectivity index (χ2v) is 5.21. The van der Waals surface area contributed by atoms with E-state index in [9.17, 15) is 5.11 Å². The molecule has 0 fully saturated rings. The van der Waals surface area contributed by atoms with E-state index >= 15 is 0 Å². The topological polar surface area (TPSA) is 75.3 Å². The number of hydrogen-bond donors (Lipinski definition) is 2.